The first-order valence-electron chi connectivity index (χ1n) is 8.28. The summed E-state index contributed by atoms with van der Waals surface area (Å²) in [6.07, 6.45) is 0.454. The number of rotatable bonds is 4. The molecule has 3 amide bonds. The predicted octanol–water partition coefficient (Wildman–Crippen LogP) is 4.31. The summed E-state index contributed by atoms with van der Waals surface area (Å²) in [6, 6.07) is 14.4. The van der Waals surface area contributed by atoms with Crippen molar-refractivity contribution in [2.24, 2.45) is 0 Å². The molecule has 2 aromatic carbocycles. The van der Waals surface area contributed by atoms with Crippen LogP contribution >= 0.6 is 22.9 Å². The van der Waals surface area contributed by atoms with E-state index >= 15 is 0 Å². The van der Waals surface area contributed by atoms with Crippen LogP contribution in [0.2, 0.25) is 5.02 Å². The Morgan fingerprint density at radius 2 is 1.88 bits per heavy atom. The molecule has 0 bridgehead atoms. The fourth-order valence-corrected chi connectivity index (χ4v) is 4.35. The Balaban J connectivity index is 1.66. The number of halogens is 1. The molecule has 5 nitrogen and oxygen atoms in total. The summed E-state index contributed by atoms with van der Waals surface area (Å²) in [6.45, 7) is 2.05. The number of carbonyl (C=O) groups is 2. The molecule has 2 heterocycles. The third-order valence-corrected chi connectivity index (χ3v) is 5.95. The van der Waals surface area contributed by atoms with Gasteiger partial charge in [-0.3, -0.25) is 9.69 Å². The minimum Gasteiger partial charge on any atom is -0.319 e. The first kappa shape index (κ1) is 17.0. The highest BCUT2D eigenvalue weighted by atomic mass is 35.5. The quantitative estimate of drug-likeness (QED) is 0.681. The first-order chi connectivity index (χ1) is 12.5. The average Bonchev–Trinajstić information content (AvgIpc) is 3.16. The molecular weight excluding hydrogens is 370 g/mol. The maximum atomic E-state index is 13.2. The van der Waals surface area contributed by atoms with Crippen LogP contribution in [0.4, 0.5) is 4.79 Å². The van der Waals surface area contributed by atoms with Gasteiger partial charge in [-0.2, -0.15) is 0 Å². The maximum Gasteiger partial charge on any atom is 0.325 e. The number of imide groups is 1. The summed E-state index contributed by atoms with van der Waals surface area (Å²) >= 11 is 7.45. The number of amides is 3. The van der Waals surface area contributed by atoms with E-state index in [2.05, 4.69) is 10.3 Å². The lowest BCUT2D eigenvalue weighted by molar-refractivity contribution is -0.132. The molecule has 3 aromatic rings. The summed E-state index contributed by atoms with van der Waals surface area (Å²) in [5.74, 6) is -0.258. The number of urea groups is 1. The van der Waals surface area contributed by atoms with E-state index in [-0.39, 0.29) is 12.5 Å². The number of para-hydroxylation sites is 1. The van der Waals surface area contributed by atoms with Crippen molar-refractivity contribution in [1.82, 2.24) is 15.2 Å². The Morgan fingerprint density at radius 1 is 1.15 bits per heavy atom. The average molecular weight is 386 g/mol. The van der Waals surface area contributed by atoms with E-state index in [0.717, 1.165) is 20.8 Å². The van der Waals surface area contributed by atoms with Gasteiger partial charge in [0.15, 0.2) is 0 Å². The minimum atomic E-state index is -1.06. The normalized spacial score (nSPS) is 20.0. The highest BCUT2D eigenvalue weighted by Gasteiger charge is 2.51. The summed E-state index contributed by atoms with van der Waals surface area (Å²) in [5, 5.41) is 4.20. The Hall–Kier alpha value is -2.44. The van der Waals surface area contributed by atoms with E-state index in [4.69, 9.17) is 11.6 Å². The summed E-state index contributed by atoms with van der Waals surface area (Å²) in [4.78, 5) is 31.5. The molecule has 0 unspecified atom stereocenters. The minimum absolute atomic E-state index is 0.166. The van der Waals surface area contributed by atoms with Crippen molar-refractivity contribution in [3.05, 3.63) is 64.1 Å². The second-order valence-electron chi connectivity index (χ2n) is 6.16. The number of thiazole rings is 1. The fourth-order valence-electron chi connectivity index (χ4n) is 3.27. The SMILES string of the molecule is CC[C@]1(c2ccc(Cl)cc2)NC(=O)N(Cc2nc3ccccc3s2)C1=O. The molecule has 1 saturated heterocycles. The number of fused-ring (bicyclic) bond motifs is 1. The summed E-state index contributed by atoms with van der Waals surface area (Å²) in [5.41, 5.74) is 0.548. The van der Waals surface area contributed by atoms with Crippen LogP contribution in [0.5, 0.6) is 0 Å². The van der Waals surface area contributed by atoms with E-state index in [0.29, 0.717) is 11.4 Å². The number of nitrogens with one attached hydrogen (secondary N) is 1. The molecule has 7 heteroatoms. The molecule has 0 radical (unpaired) electrons. The zero-order valence-corrected chi connectivity index (χ0v) is 15.6. The van der Waals surface area contributed by atoms with Crippen molar-refractivity contribution >= 4 is 45.1 Å². The first-order valence-corrected chi connectivity index (χ1v) is 9.47. The second-order valence-corrected chi connectivity index (χ2v) is 7.71. The fraction of sp³-hybridized carbons (Fsp3) is 0.211. The van der Waals surface area contributed by atoms with Gasteiger partial charge in [0.2, 0.25) is 0 Å². The van der Waals surface area contributed by atoms with Crippen LogP contribution in [0.25, 0.3) is 10.2 Å². The van der Waals surface area contributed by atoms with Gasteiger partial charge in [0.25, 0.3) is 5.91 Å². The molecule has 1 aliphatic rings. The molecule has 26 heavy (non-hydrogen) atoms. The lowest BCUT2D eigenvalue weighted by Crippen LogP contribution is -2.43. The number of carbonyl (C=O) groups excluding carboxylic acids is 2. The molecular formula is C19H16ClN3O2S. The summed E-state index contributed by atoms with van der Waals surface area (Å²) < 4.78 is 1.04. The monoisotopic (exact) mass is 385 g/mol. The number of nitrogens with zero attached hydrogens (tertiary/aromatic N) is 2. The topological polar surface area (TPSA) is 62.3 Å². The predicted molar refractivity (Wildman–Crippen MR) is 102 cm³/mol. The molecule has 132 valence electrons. The van der Waals surface area contributed by atoms with Gasteiger partial charge >= 0.3 is 6.03 Å². The molecule has 1 N–H and O–H groups in total. The Labute approximate surface area is 159 Å². The molecule has 0 spiro atoms. The van der Waals surface area contributed by atoms with Crippen molar-refractivity contribution in [3.63, 3.8) is 0 Å². The van der Waals surface area contributed by atoms with Crippen molar-refractivity contribution < 1.29 is 9.59 Å². The lowest BCUT2D eigenvalue weighted by atomic mass is 9.87. The van der Waals surface area contributed by atoms with Gasteiger partial charge in [0.05, 0.1) is 16.8 Å². The van der Waals surface area contributed by atoms with Crippen molar-refractivity contribution in [1.29, 1.82) is 0 Å². The van der Waals surface area contributed by atoms with E-state index in [1.54, 1.807) is 24.3 Å². The van der Waals surface area contributed by atoms with Crippen LogP contribution in [0.15, 0.2) is 48.5 Å². The van der Waals surface area contributed by atoms with Gasteiger partial charge in [0.1, 0.15) is 10.5 Å². The van der Waals surface area contributed by atoms with Gasteiger partial charge in [-0.05, 0) is 36.2 Å². The standard InChI is InChI=1S/C19H16ClN3O2S/c1-2-19(12-7-9-13(20)10-8-12)17(24)23(18(25)22-19)11-16-21-14-5-3-4-6-15(14)26-16/h3-10H,2,11H2,1H3,(H,22,25)/t19-/m1/s1. The van der Waals surface area contributed by atoms with Gasteiger partial charge in [-0.1, -0.05) is 42.8 Å². The maximum absolute atomic E-state index is 13.2. The van der Waals surface area contributed by atoms with Crippen molar-refractivity contribution in [3.8, 4) is 0 Å². The van der Waals surface area contributed by atoms with Crippen LogP contribution < -0.4 is 5.32 Å². The number of hydrogen-bond acceptors (Lipinski definition) is 4. The van der Waals surface area contributed by atoms with Gasteiger partial charge in [-0.15, -0.1) is 11.3 Å². The molecule has 1 aromatic heterocycles. The molecule has 0 saturated carbocycles. The molecule has 1 atom stereocenters. The number of aromatic nitrogens is 1. The Bertz CT molecular complexity index is 968. The van der Waals surface area contributed by atoms with E-state index < -0.39 is 11.6 Å². The van der Waals surface area contributed by atoms with E-state index in [1.165, 1.54) is 16.2 Å². The molecule has 4 rings (SSSR count). The smallest absolute Gasteiger partial charge is 0.319 e. The Kier molecular flexibility index (Phi) is 4.17. The van der Waals surface area contributed by atoms with E-state index in [9.17, 15) is 9.59 Å². The second kappa shape index (κ2) is 6.37. The highest BCUT2D eigenvalue weighted by molar-refractivity contribution is 7.18. The zero-order chi connectivity index (χ0) is 18.3. The van der Waals surface area contributed by atoms with Crippen LogP contribution in [-0.4, -0.2) is 21.8 Å². The van der Waals surface area contributed by atoms with Crippen LogP contribution in [0.3, 0.4) is 0 Å². The van der Waals surface area contributed by atoms with Crippen molar-refractivity contribution in [2.45, 2.75) is 25.4 Å². The molecule has 1 aliphatic heterocycles. The third kappa shape index (κ3) is 2.66. The summed E-state index contributed by atoms with van der Waals surface area (Å²) in [7, 11) is 0. The van der Waals surface area contributed by atoms with Gasteiger partial charge < -0.3 is 5.32 Å². The van der Waals surface area contributed by atoms with Crippen LogP contribution in [-0.2, 0) is 16.9 Å². The number of benzene rings is 2. The third-order valence-electron chi connectivity index (χ3n) is 4.67. The Morgan fingerprint density at radius 3 is 2.58 bits per heavy atom. The van der Waals surface area contributed by atoms with Gasteiger partial charge in [0, 0.05) is 5.02 Å². The number of hydrogen-bond donors (Lipinski definition) is 1. The van der Waals surface area contributed by atoms with Crippen molar-refractivity contribution in [2.75, 3.05) is 0 Å². The molecule has 1 fully saturated rings. The van der Waals surface area contributed by atoms with Crippen LogP contribution in [0, 0.1) is 0 Å². The zero-order valence-electron chi connectivity index (χ0n) is 14.0. The molecule has 0 aliphatic carbocycles. The van der Waals surface area contributed by atoms with E-state index in [1.807, 2.05) is 31.2 Å². The highest BCUT2D eigenvalue weighted by Crippen LogP contribution is 2.34. The van der Waals surface area contributed by atoms with Crippen LogP contribution in [0.1, 0.15) is 23.9 Å². The largest absolute Gasteiger partial charge is 0.325 e. The lowest BCUT2D eigenvalue weighted by Gasteiger charge is -2.25. The van der Waals surface area contributed by atoms with Gasteiger partial charge in [-0.25, -0.2) is 9.78 Å².